The molecule has 22 heavy (non-hydrogen) atoms. The molecular formula is C16H22N2O4. The highest BCUT2D eigenvalue weighted by atomic mass is 16.5. The second-order valence-electron chi connectivity index (χ2n) is 4.93. The van der Waals surface area contributed by atoms with Crippen molar-refractivity contribution in [1.29, 1.82) is 0 Å². The topological polar surface area (TPSA) is 75.7 Å². The number of hydrogen-bond donors (Lipinski definition) is 1. The van der Waals surface area contributed by atoms with Crippen molar-refractivity contribution < 1.29 is 19.1 Å². The molecule has 1 N–H and O–H groups in total. The van der Waals surface area contributed by atoms with Gasteiger partial charge in [-0.3, -0.25) is 14.4 Å². The predicted octanol–water partition coefficient (Wildman–Crippen LogP) is 0.757. The van der Waals surface area contributed by atoms with E-state index in [9.17, 15) is 14.4 Å². The van der Waals surface area contributed by atoms with Crippen molar-refractivity contribution in [1.82, 2.24) is 10.2 Å². The first-order chi connectivity index (χ1) is 10.5. The van der Waals surface area contributed by atoms with Crippen molar-refractivity contribution in [2.45, 2.75) is 19.3 Å². The molecule has 0 bridgehead atoms. The van der Waals surface area contributed by atoms with E-state index in [2.05, 4.69) is 10.1 Å². The van der Waals surface area contributed by atoms with E-state index >= 15 is 0 Å². The Labute approximate surface area is 130 Å². The van der Waals surface area contributed by atoms with Gasteiger partial charge < -0.3 is 15.0 Å². The number of hydrogen-bond acceptors (Lipinski definition) is 4. The fraction of sp³-hybridized carbons (Fsp3) is 0.438. The molecule has 0 unspecified atom stereocenters. The molecule has 0 radical (unpaired) electrons. The second kappa shape index (κ2) is 9.55. The molecule has 0 saturated carbocycles. The summed E-state index contributed by atoms with van der Waals surface area (Å²) in [6.45, 7) is 0.406. The van der Waals surface area contributed by atoms with E-state index in [-0.39, 0.29) is 37.2 Å². The van der Waals surface area contributed by atoms with Gasteiger partial charge in [-0.2, -0.15) is 0 Å². The molecule has 1 aromatic rings. The monoisotopic (exact) mass is 306 g/mol. The number of likely N-dealkylation sites (N-methyl/N-ethyl adjacent to an activating group) is 1. The molecule has 0 aliphatic rings. The molecule has 1 rings (SSSR count). The number of esters is 1. The first-order valence-corrected chi connectivity index (χ1v) is 7.14. The molecule has 6 nitrogen and oxygen atoms in total. The zero-order chi connectivity index (χ0) is 16.4. The number of carbonyl (C=O) groups excluding carboxylic acids is 3. The molecular weight excluding hydrogens is 284 g/mol. The second-order valence-corrected chi connectivity index (χ2v) is 4.93. The van der Waals surface area contributed by atoms with E-state index in [4.69, 9.17) is 0 Å². The largest absolute Gasteiger partial charge is 0.469 e. The van der Waals surface area contributed by atoms with Gasteiger partial charge in [-0.05, 0) is 12.0 Å². The lowest BCUT2D eigenvalue weighted by molar-refractivity contribution is -0.141. The normalized spacial score (nSPS) is 9.91. The van der Waals surface area contributed by atoms with Crippen LogP contribution in [0.5, 0.6) is 0 Å². The van der Waals surface area contributed by atoms with Crippen molar-refractivity contribution in [2.75, 3.05) is 27.2 Å². The number of methoxy groups -OCH3 is 1. The average Bonchev–Trinajstić information content (AvgIpc) is 2.53. The van der Waals surface area contributed by atoms with Gasteiger partial charge >= 0.3 is 5.97 Å². The van der Waals surface area contributed by atoms with Crippen LogP contribution in [0.3, 0.4) is 0 Å². The summed E-state index contributed by atoms with van der Waals surface area (Å²) in [5.74, 6) is -0.675. The SMILES string of the molecule is COC(=O)CCCN(C)C(=O)CNC(=O)Cc1ccccc1. The van der Waals surface area contributed by atoms with Gasteiger partial charge in [0.1, 0.15) is 0 Å². The molecule has 0 saturated heterocycles. The Morgan fingerprint density at radius 3 is 2.50 bits per heavy atom. The first-order valence-electron chi connectivity index (χ1n) is 7.14. The van der Waals surface area contributed by atoms with Crippen molar-refractivity contribution in [2.24, 2.45) is 0 Å². The Hall–Kier alpha value is -2.37. The van der Waals surface area contributed by atoms with Crippen molar-refractivity contribution in [3.63, 3.8) is 0 Å². The first kappa shape index (κ1) is 17.7. The number of carbonyl (C=O) groups is 3. The summed E-state index contributed by atoms with van der Waals surface area (Å²) in [5.41, 5.74) is 0.902. The number of nitrogens with one attached hydrogen (secondary N) is 1. The van der Waals surface area contributed by atoms with Gasteiger partial charge in [-0.15, -0.1) is 0 Å². The lowest BCUT2D eigenvalue weighted by Gasteiger charge is -2.17. The molecule has 120 valence electrons. The maximum absolute atomic E-state index is 11.8. The summed E-state index contributed by atoms with van der Waals surface area (Å²) in [6.07, 6.45) is 1.06. The van der Waals surface area contributed by atoms with Gasteiger partial charge in [0, 0.05) is 20.0 Å². The summed E-state index contributed by atoms with van der Waals surface area (Å²) in [5, 5.41) is 2.60. The molecule has 6 heteroatoms. The Bertz CT molecular complexity index is 502. The Balaban J connectivity index is 2.24. The van der Waals surface area contributed by atoms with Crippen LogP contribution < -0.4 is 5.32 Å². The molecule has 0 atom stereocenters. The summed E-state index contributed by atoms with van der Waals surface area (Å²) in [7, 11) is 2.97. The van der Waals surface area contributed by atoms with E-state index in [0.717, 1.165) is 5.56 Å². The minimum absolute atomic E-state index is 0.0413. The van der Waals surface area contributed by atoms with Crippen molar-refractivity contribution in [3.05, 3.63) is 35.9 Å². The van der Waals surface area contributed by atoms with Crippen LogP contribution in [-0.4, -0.2) is 49.9 Å². The predicted molar refractivity (Wildman–Crippen MR) is 82.0 cm³/mol. The highest BCUT2D eigenvalue weighted by Gasteiger charge is 2.11. The van der Waals surface area contributed by atoms with Gasteiger partial charge in [0.2, 0.25) is 11.8 Å². The van der Waals surface area contributed by atoms with Crippen molar-refractivity contribution in [3.8, 4) is 0 Å². The van der Waals surface area contributed by atoms with E-state index in [1.54, 1.807) is 7.05 Å². The fourth-order valence-electron chi connectivity index (χ4n) is 1.84. The maximum atomic E-state index is 11.8. The van der Waals surface area contributed by atoms with Gasteiger partial charge in [0.15, 0.2) is 0 Å². The summed E-state index contributed by atoms with van der Waals surface area (Å²) >= 11 is 0. The summed E-state index contributed by atoms with van der Waals surface area (Å²) < 4.78 is 4.53. The molecule has 0 aliphatic heterocycles. The number of nitrogens with zero attached hydrogens (tertiary/aromatic N) is 1. The van der Waals surface area contributed by atoms with E-state index in [1.165, 1.54) is 12.0 Å². The van der Waals surface area contributed by atoms with Gasteiger partial charge in [0.05, 0.1) is 20.1 Å². The molecule has 0 aromatic heterocycles. The fourth-order valence-corrected chi connectivity index (χ4v) is 1.84. The molecule has 2 amide bonds. The highest BCUT2D eigenvalue weighted by Crippen LogP contribution is 1.99. The van der Waals surface area contributed by atoms with Gasteiger partial charge in [0.25, 0.3) is 0 Å². The van der Waals surface area contributed by atoms with Crippen molar-refractivity contribution >= 4 is 17.8 Å². The third kappa shape index (κ3) is 6.88. The van der Waals surface area contributed by atoms with Crippen LogP contribution in [0.4, 0.5) is 0 Å². The van der Waals surface area contributed by atoms with Crippen LogP contribution in [0.2, 0.25) is 0 Å². The van der Waals surface area contributed by atoms with Crippen LogP contribution in [0, 0.1) is 0 Å². The minimum Gasteiger partial charge on any atom is -0.469 e. The van der Waals surface area contributed by atoms with Gasteiger partial charge in [-0.1, -0.05) is 30.3 Å². The third-order valence-corrected chi connectivity index (χ3v) is 3.17. The van der Waals surface area contributed by atoms with Crippen LogP contribution >= 0.6 is 0 Å². The molecule has 0 heterocycles. The Morgan fingerprint density at radius 1 is 1.18 bits per heavy atom. The van der Waals surface area contributed by atoms with Crippen LogP contribution in [0.25, 0.3) is 0 Å². The number of ether oxygens (including phenoxy) is 1. The van der Waals surface area contributed by atoms with Crippen LogP contribution in [0.1, 0.15) is 18.4 Å². The number of benzene rings is 1. The average molecular weight is 306 g/mol. The molecule has 0 spiro atoms. The minimum atomic E-state index is -0.294. The lowest BCUT2D eigenvalue weighted by Crippen LogP contribution is -2.39. The van der Waals surface area contributed by atoms with Crippen LogP contribution in [-0.2, 0) is 25.5 Å². The number of rotatable bonds is 8. The lowest BCUT2D eigenvalue weighted by atomic mass is 10.1. The maximum Gasteiger partial charge on any atom is 0.305 e. The Morgan fingerprint density at radius 2 is 1.86 bits per heavy atom. The standard InChI is InChI=1S/C16H22N2O4/c1-18(10-6-9-16(21)22-2)15(20)12-17-14(19)11-13-7-4-3-5-8-13/h3-5,7-8H,6,9-12H2,1-2H3,(H,17,19). The summed E-state index contributed by atoms with van der Waals surface area (Å²) in [6, 6.07) is 9.33. The molecule has 1 aromatic carbocycles. The number of amides is 2. The zero-order valence-corrected chi connectivity index (χ0v) is 13.0. The quantitative estimate of drug-likeness (QED) is 0.719. The smallest absolute Gasteiger partial charge is 0.305 e. The molecule has 0 fully saturated rings. The highest BCUT2D eigenvalue weighted by molar-refractivity contribution is 5.85. The van der Waals surface area contributed by atoms with E-state index < -0.39 is 0 Å². The van der Waals surface area contributed by atoms with Crippen LogP contribution in [0.15, 0.2) is 30.3 Å². The van der Waals surface area contributed by atoms with E-state index in [0.29, 0.717) is 13.0 Å². The zero-order valence-electron chi connectivity index (χ0n) is 13.0. The van der Waals surface area contributed by atoms with Gasteiger partial charge in [-0.25, -0.2) is 0 Å². The third-order valence-electron chi connectivity index (χ3n) is 3.17. The Kier molecular flexibility index (Phi) is 7.67. The summed E-state index contributed by atoms with van der Waals surface area (Å²) in [4.78, 5) is 36.0. The van der Waals surface area contributed by atoms with E-state index in [1.807, 2.05) is 30.3 Å². The molecule has 0 aliphatic carbocycles.